The normalized spacial score (nSPS) is 15.6. The molecule has 1 aliphatic carbocycles. The highest BCUT2D eigenvalue weighted by Gasteiger charge is 2.26. The molecule has 5 N–H and O–H groups in total. The number of thiophene rings is 1. The first-order chi connectivity index (χ1) is 9.91. The van der Waals surface area contributed by atoms with Crippen molar-refractivity contribution in [2.75, 3.05) is 17.6 Å². The minimum absolute atomic E-state index is 0.0473. The summed E-state index contributed by atoms with van der Waals surface area (Å²) in [7, 11) is 0. The molecule has 6 heteroatoms. The van der Waals surface area contributed by atoms with E-state index in [0.29, 0.717) is 15.8 Å². The summed E-state index contributed by atoms with van der Waals surface area (Å²) in [6.45, 7) is 4.43. The highest BCUT2D eigenvalue weighted by Crippen LogP contribution is 2.37. The van der Waals surface area contributed by atoms with E-state index in [1.807, 2.05) is 13.8 Å². The van der Waals surface area contributed by atoms with E-state index >= 15 is 0 Å². The third-order valence-corrected chi connectivity index (χ3v) is 5.14. The Hall–Kier alpha value is -1.56. The van der Waals surface area contributed by atoms with Gasteiger partial charge in [0.1, 0.15) is 5.00 Å². The maximum absolute atomic E-state index is 12.2. The zero-order valence-electron chi connectivity index (χ0n) is 12.6. The number of hydrogen-bond acceptors (Lipinski definition) is 5. The second-order valence-corrected chi connectivity index (χ2v) is 6.98. The van der Waals surface area contributed by atoms with E-state index in [9.17, 15) is 9.59 Å². The number of rotatable bonds is 6. The molecule has 0 aliphatic heterocycles. The van der Waals surface area contributed by atoms with Gasteiger partial charge in [-0.25, -0.2) is 0 Å². The van der Waals surface area contributed by atoms with Crippen LogP contribution in [0, 0.1) is 11.8 Å². The predicted octanol–water partition coefficient (Wildman–Crippen LogP) is 2.87. The Morgan fingerprint density at radius 3 is 2.48 bits per heavy atom. The number of primary amides is 1. The van der Waals surface area contributed by atoms with Gasteiger partial charge in [0.2, 0.25) is 0 Å². The molecule has 116 valence electrons. The minimum Gasteiger partial charge on any atom is -0.397 e. The van der Waals surface area contributed by atoms with Crippen LogP contribution in [0.2, 0.25) is 0 Å². The van der Waals surface area contributed by atoms with Gasteiger partial charge in [0.25, 0.3) is 5.91 Å². The first-order valence-electron chi connectivity index (χ1n) is 7.42. The number of Topliss-reactive ketones (excluding diaryl/α,β-unsaturated/α-hetero) is 1. The van der Waals surface area contributed by atoms with Crippen LogP contribution in [-0.4, -0.2) is 18.2 Å². The van der Waals surface area contributed by atoms with Crippen molar-refractivity contribution in [1.29, 1.82) is 0 Å². The summed E-state index contributed by atoms with van der Waals surface area (Å²) in [6, 6.07) is 0. The molecule has 2 rings (SSSR count). The standard InChI is InChI=1S/C15H23N3O2S/c1-8(2)12(19)13-11(16)10(14(17)20)15(21-13)18-7-9-5-3-4-6-9/h8-9,18H,3-7,16H2,1-2H3,(H2,17,20). The highest BCUT2D eigenvalue weighted by atomic mass is 32.1. The van der Waals surface area contributed by atoms with Crippen LogP contribution < -0.4 is 16.8 Å². The molecule has 0 bridgehead atoms. The Morgan fingerprint density at radius 1 is 1.33 bits per heavy atom. The molecule has 1 aromatic heterocycles. The fraction of sp³-hybridized carbons (Fsp3) is 0.600. The first-order valence-corrected chi connectivity index (χ1v) is 8.23. The summed E-state index contributed by atoms with van der Waals surface area (Å²) >= 11 is 1.25. The van der Waals surface area contributed by atoms with Gasteiger partial charge in [-0.15, -0.1) is 11.3 Å². The highest BCUT2D eigenvalue weighted by molar-refractivity contribution is 7.19. The average Bonchev–Trinajstić information content (AvgIpc) is 3.02. The van der Waals surface area contributed by atoms with Gasteiger partial charge < -0.3 is 16.8 Å². The molecule has 21 heavy (non-hydrogen) atoms. The van der Waals surface area contributed by atoms with Gasteiger partial charge in [-0.3, -0.25) is 9.59 Å². The quantitative estimate of drug-likeness (QED) is 0.704. The molecule has 1 aliphatic rings. The smallest absolute Gasteiger partial charge is 0.253 e. The second kappa shape index (κ2) is 6.47. The molecule has 1 saturated carbocycles. The molecule has 0 saturated heterocycles. The number of nitrogen functional groups attached to an aromatic ring is 1. The lowest BCUT2D eigenvalue weighted by atomic mass is 10.1. The van der Waals surface area contributed by atoms with E-state index in [-0.39, 0.29) is 23.0 Å². The Balaban J connectivity index is 2.24. The van der Waals surface area contributed by atoms with Gasteiger partial charge in [-0.2, -0.15) is 0 Å². The van der Waals surface area contributed by atoms with E-state index in [1.165, 1.54) is 37.0 Å². The topological polar surface area (TPSA) is 98.2 Å². The molecule has 0 aromatic carbocycles. The van der Waals surface area contributed by atoms with E-state index in [1.54, 1.807) is 0 Å². The Labute approximate surface area is 129 Å². The molecule has 0 unspecified atom stereocenters. The molecule has 1 fully saturated rings. The number of anilines is 2. The SMILES string of the molecule is CC(C)C(=O)c1sc(NCC2CCCC2)c(C(N)=O)c1N. The summed E-state index contributed by atoms with van der Waals surface area (Å²) in [5.74, 6) is -0.165. The van der Waals surface area contributed by atoms with Gasteiger partial charge in [0.15, 0.2) is 5.78 Å². The number of carbonyl (C=O) groups excluding carboxylic acids is 2. The molecule has 1 aromatic rings. The van der Waals surface area contributed by atoms with Gasteiger partial charge in [-0.1, -0.05) is 26.7 Å². The lowest BCUT2D eigenvalue weighted by Crippen LogP contribution is -2.17. The Kier molecular flexibility index (Phi) is 4.88. The molecule has 5 nitrogen and oxygen atoms in total. The van der Waals surface area contributed by atoms with Gasteiger partial charge in [0, 0.05) is 12.5 Å². The summed E-state index contributed by atoms with van der Waals surface area (Å²) in [4.78, 5) is 24.2. The lowest BCUT2D eigenvalue weighted by Gasteiger charge is -2.11. The number of carbonyl (C=O) groups is 2. The minimum atomic E-state index is -0.583. The van der Waals surface area contributed by atoms with E-state index in [2.05, 4.69) is 5.32 Å². The number of ketones is 1. The average molecular weight is 309 g/mol. The van der Waals surface area contributed by atoms with E-state index in [4.69, 9.17) is 11.5 Å². The molecule has 1 amide bonds. The zero-order valence-corrected chi connectivity index (χ0v) is 13.4. The van der Waals surface area contributed by atoms with Crippen LogP contribution in [0.5, 0.6) is 0 Å². The van der Waals surface area contributed by atoms with Crippen molar-refractivity contribution in [3.05, 3.63) is 10.4 Å². The van der Waals surface area contributed by atoms with Crippen molar-refractivity contribution in [3.8, 4) is 0 Å². The third kappa shape index (κ3) is 3.37. The van der Waals surface area contributed by atoms with Crippen LogP contribution >= 0.6 is 11.3 Å². The Bertz CT molecular complexity index is 545. The van der Waals surface area contributed by atoms with Crippen LogP contribution in [0.4, 0.5) is 10.7 Å². The van der Waals surface area contributed by atoms with E-state index < -0.39 is 5.91 Å². The fourth-order valence-electron chi connectivity index (χ4n) is 2.71. The maximum Gasteiger partial charge on any atom is 0.253 e. The molecule has 0 radical (unpaired) electrons. The van der Waals surface area contributed by atoms with Crippen LogP contribution in [-0.2, 0) is 0 Å². The number of amides is 1. The second-order valence-electron chi connectivity index (χ2n) is 5.96. The summed E-state index contributed by atoms with van der Waals surface area (Å²) < 4.78 is 0. The van der Waals surface area contributed by atoms with Crippen LogP contribution in [0.3, 0.4) is 0 Å². The number of nitrogens with one attached hydrogen (secondary N) is 1. The maximum atomic E-state index is 12.2. The van der Waals surface area contributed by atoms with Crippen LogP contribution in [0.25, 0.3) is 0 Å². The molecule has 0 atom stereocenters. The van der Waals surface area contributed by atoms with Crippen molar-refractivity contribution < 1.29 is 9.59 Å². The first kappa shape index (κ1) is 15.8. The molecule has 0 spiro atoms. The molecular weight excluding hydrogens is 286 g/mol. The van der Waals surface area contributed by atoms with Crippen molar-refractivity contribution in [2.45, 2.75) is 39.5 Å². The van der Waals surface area contributed by atoms with Gasteiger partial charge >= 0.3 is 0 Å². The Morgan fingerprint density at radius 2 is 1.95 bits per heavy atom. The largest absolute Gasteiger partial charge is 0.397 e. The molecular formula is C15H23N3O2S. The van der Waals surface area contributed by atoms with Crippen molar-refractivity contribution in [2.24, 2.45) is 17.6 Å². The van der Waals surface area contributed by atoms with Crippen molar-refractivity contribution in [1.82, 2.24) is 0 Å². The summed E-state index contributed by atoms with van der Waals surface area (Å²) in [6.07, 6.45) is 4.94. The van der Waals surface area contributed by atoms with Crippen LogP contribution in [0.1, 0.15) is 59.6 Å². The van der Waals surface area contributed by atoms with Gasteiger partial charge in [-0.05, 0) is 18.8 Å². The summed E-state index contributed by atoms with van der Waals surface area (Å²) in [5.41, 5.74) is 11.9. The van der Waals surface area contributed by atoms with Crippen LogP contribution in [0.15, 0.2) is 0 Å². The van der Waals surface area contributed by atoms with Gasteiger partial charge in [0.05, 0.1) is 16.1 Å². The number of hydrogen-bond donors (Lipinski definition) is 3. The zero-order chi connectivity index (χ0) is 15.6. The number of nitrogens with two attached hydrogens (primary N) is 2. The van der Waals surface area contributed by atoms with E-state index in [0.717, 1.165) is 6.54 Å². The molecule has 1 heterocycles. The third-order valence-electron chi connectivity index (χ3n) is 3.97. The monoisotopic (exact) mass is 309 g/mol. The van der Waals surface area contributed by atoms with Crippen molar-refractivity contribution >= 4 is 33.7 Å². The lowest BCUT2D eigenvalue weighted by molar-refractivity contribution is 0.0944. The predicted molar refractivity (Wildman–Crippen MR) is 86.9 cm³/mol. The fourth-order valence-corrected chi connectivity index (χ4v) is 3.93. The summed E-state index contributed by atoms with van der Waals surface area (Å²) in [5, 5.41) is 3.91. The van der Waals surface area contributed by atoms with Crippen molar-refractivity contribution in [3.63, 3.8) is 0 Å².